The fraction of sp³-hybridized carbons (Fsp3) is 0.125. The number of carbonyl (C=O) groups excluding carboxylic acids is 3. The quantitative estimate of drug-likeness (QED) is 0.438. The molecule has 0 saturated heterocycles. The Bertz CT molecular complexity index is 1040. The van der Waals surface area contributed by atoms with E-state index in [1.807, 2.05) is 48.5 Å². The van der Waals surface area contributed by atoms with Crippen LogP contribution in [-0.4, -0.2) is 24.1 Å². The Morgan fingerprint density at radius 1 is 0.719 bits per heavy atom. The average Bonchev–Trinajstić information content (AvgIpc) is 2.80. The maximum atomic E-state index is 12.3. The minimum atomic E-state index is -0.798. The van der Waals surface area contributed by atoms with Crippen LogP contribution < -0.4 is 21.3 Å². The molecule has 164 valence electrons. The number of nitrogens with one attached hydrogen (secondary N) is 4. The van der Waals surface area contributed by atoms with Crippen molar-refractivity contribution in [3.63, 3.8) is 0 Å². The Labute approximate surface area is 186 Å². The molecule has 0 spiro atoms. The smallest absolute Gasteiger partial charge is 0.408 e. The van der Waals surface area contributed by atoms with Crippen LogP contribution in [0.5, 0.6) is 0 Å². The lowest BCUT2D eigenvalue weighted by Gasteiger charge is -2.14. The zero-order valence-corrected chi connectivity index (χ0v) is 17.5. The number of urea groups is 1. The van der Waals surface area contributed by atoms with Crippen molar-refractivity contribution in [3.05, 3.63) is 90.5 Å². The first-order chi connectivity index (χ1) is 15.5. The van der Waals surface area contributed by atoms with E-state index in [2.05, 4.69) is 21.3 Å². The van der Waals surface area contributed by atoms with Gasteiger partial charge in [-0.3, -0.25) is 4.79 Å². The Morgan fingerprint density at radius 3 is 1.81 bits per heavy atom. The molecular formula is C24H24N4O4. The highest BCUT2D eigenvalue weighted by Gasteiger charge is 2.16. The van der Waals surface area contributed by atoms with Crippen LogP contribution in [0.1, 0.15) is 12.5 Å². The van der Waals surface area contributed by atoms with Crippen molar-refractivity contribution in [1.82, 2.24) is 5.32 Å². The summed E-state index contributed by atoms with van der Waals surface area (Å²) in [4.78, 5) is 36.3. The Kier molecular flexibility index (Phi) is 7.80. The van der Waals surface area contributed by atoms with Gasteiger partial charge in [-0.2, -0.15) is 0 Å². The third-order valence-electron chi connectivity index (χ3n) is 4.38. The minimum absolute atomic E-state index is 0.118. The van der Waals surface area contributed by atoms with Crippen LogP contribution in [0.2, 0.25) is 0 Å². The summed E-state index contributed by atoms with van der Waals surface area (Å²) in [6.07, 6.45) is -0.680. The van der Waals surface area contributed by atoms with Crippen LogP contribution >= 0.6 is 0 Å². The minimum Gasteiger partial charge on any atom is -0.445 e. The first-order valence-corrected chi connectivity index (χ1v) is 10.0. The van der Waals surface area contributed by atoms with Gasteiger partial charge < -0.3 is 26.0 Å². The van der Waals surface area contributed by atoms with Crippen LogP contribution in [-0.2, 0) is 16.1 Å². The second kappa shape index (κ2) is 11.2. The molecule has 1 atom stereocenters. The van der Waals surface area contributed by atoms with Gasteiger partial charge in [0.1, 0.15) is 12.6 Å². The van der Waals surface area contributed by atoms with Crippen LogP contribution in [0.4, 0.5) is 26.7 Å². The van der Waals surface area contributed by atoms with Crippen LogP contribution in [0.3, 0.4) is 0 Å². The molecule has 0 saturated carbocycles. The molecule has 32 heavy (non-hydrogen) atoms. The first kappa shape index (κ1) is 22.4. The van der Waals surface area contributed by atoms with Gasteiger partial charge in [0.15, 0.2) is 0 Å². The third kappa shape index (κ3) is 7.17. The van der Waals surface area contributed by atoms with E-state index in [0.717, 1.165) is 5.56 Å². The van der Waals surface area contributed by atoms with Crippen molar-refractivity contribution < 1.29 is 19.1 Å². The van der Waals surface area contributed by atoms with Gasteiger partial charge in [-0.05, 0) is 48.9 Å². The largest absolute Gasteiger partial charge is 0.445 e. The molecule has 0 bridgehead atoms. The van der Waals surface area contributed by atoms with Gasteiger partial charge in [0.25, 0.3) is 0 Å². The fourth-order valence-electron chi connectivity index (χ4n) is 2.71. The van der Waals surface area contributed by atoms with Gasteiger partial charge >= 0.3 is 12.1 Å². The number of carbonyl (C=O) groups is 3. The second-order valence-corrected chi connectivity index (χ2v) is 6.94. The van der Waals surface area contributed by atoms with Crippen LogP contribution in [0, 0.1) is 0 Å². The van der Waals surface area contributed by atoms with E-state index in [1.54, 1.807) is 43.3 Å². The van der Waals surface area contributed by atoms with Crippen molar-refractivity contribution in [1.29, 1.82) is 0 Å². The number of hydrogen-bond donors (Lipinski definition) is 4. The maximum absolute atomic E-state index is 12.3. The maximum Gasteiger partial charge on any atom is 0.408 e. The van der Waals surface area contributed by atoms with Crippen LogP contribution in [0.15, 0.2) is 84.9 Å². The zero-order valence-electron chi connectivity index (χ0n) is 17.5. The summed E-state index contributed by atoms with van der Waals surface area (Å²) in [6, 6.07) is 23.8. The third-order valence-corrected chi connectivity index (χ3v) is 4.38. The van der Waals surface area contributed by atoms with Gasteiger partial charge in [-0.25, -0.2) is 9.59 Å². The molecule has 3 aromatic carbocycles. The standard InChI is InChI=1S/C24H24N4O4/c1-17(25-24(31)32-16-18-8-4-2-5-9-18)22(29)26-20-12-14-21(15-13-20)28-23(30)27-19-10-6-3-7-11-19/h2-15,17H,16H2,1H3,(H,25,31)(H,26,29)(H2,27,28,30)/t17-/m1/s1. The van der Waals surface area contributed by atoms with Crippen molar-refractivity contribution in [2.45, 2.75) is 19.6 Å². The molecule has 0 aliphatic heterocycles. The summed E-state index contributed by atoms with van der Waals surface area (Å²) in [5.41, 5.74) is 2.62. The number of alkyl carbamates (subject to hydrolysis) is 1. The van der Waals surface area contributed by atoms with Crippen molar-refractivity contribution in [2.24, 2.45) is 0 Å². The van der Waals surface area contributed by atoms with Crippen LogP contribution in [0.25, 0.3) is 0 Å². The van der Waals surface area contributed by atoms with Gasteiger partial charge in [-0.1, -0.05) is 48.5 Å². The molecule has 4 N–H and O–H groups in total. The number of amides is 4. The van der Waals surface area contributed by atoms with E-state index < -0.39 is 18.0 Å². The molecule has 0 aliphatic carbocycles. The molecule has 0 radical (unpaired) electrons. The lowest BCUT2D eigenvalue weighted by molar-refractivity contribution is -0.117. The number of hydrogen-bond acceptors (Lipinski definition) is 4. The average molecular weight is 432 g/mol. The highest BCUT2D eigenvalue weighted by molar-refractivity contribution is 6.00. The highest BCUT2D eigenvalue weighted by atomic mass is 16.5. The molecule has 0 aliphatic rings. The fourth-order valence-corrected chi connectivity index (χ4v) is 2.71. The number of ether oxygens (including phenoxy) is 1. The lowest BCUT2D eigenvalue weighted by atomic mass is 10.2. The highest BCUT2D eigenvalue weighted by Crippen LogP contribution is 2.15. The van der Waals surface area contributed by atoms with E-state index in [-0.39, 0.29) is 12.6 Å². The van der Waals surface area contributed by atoms with Gasteiger partial charge in [-0.15, -0.1) is 0 Å². The molecule has 0 unspecified atom stereocenters. The van der Waals surface area contributed by atoms with E-state index in [9.17, 15) is 14.4 Å². The number of benzene rings is 3. The number of anilines is 3. The monoisotopic (exact) mass is 432 g/mol. The second-order valence-electron chi connectivity index (χ2n) is 6.94. The van der Waals surface area contributed by atoms with Gasteiger partial charge in [0.05, 0.1) is 0 Å². The summed E-state index contributed by atoms with van der Waals surface area (Å²) in [7, 11) is 0. The summed E-state index contributed by atoms with van der Waals surface area (Å²) >= 11 is 0. The molecule has 8 heteroatoms. The van der Waals surface area contributed by atoms with Crippen molar-refractivity contribution >= 4 is 35.1 Å². The molecular weight excluding hydrogens is 408 g/mol. The molecule has 0 heterocycles. The van der Waals surface area contributed by atoms with E-state index >= 15 is 0 Å². The van der Waals surface area contributed by atoms with Crippen molar-refractivity contribution in [3.8, 4) is 0 Å². The molecule has 0 fully saturated rings. The van der Waals surface area contributed by atoms with Gasteiger partial charge in [0, 0.05) is 17.1 Å². The molecule has 4 amide bonds. The normalized spacial score (nSPS) is 11.0. The lowest BCUT2D eigenvalue weighted by Crippen LogP contribution is -2.41. The molecule has 3 aromatic rings. The zero-order chi connectivity index (χ0) is 22.8. The molecule has 8 nitrogen and oxygen atoms in total. The first-order valence-electron chi connectivity index (χ1n) is 10.0. The van der Waals surface area contributed by atoms with E-state index in [0.29, 0.717) is 17.1 Å². The number of rotatable bonds is 7. The molecule has 3 rings (SSSR count). The topological polar surface area (TPSA) is 109 Å². The predicted molar refractivity (Wildman–Crippen MR) is 123 cm³/mol. The van der Waals surface area contributed by atoms with E-state index in [1.165, 1.54) is 0 Å². The SMILES string of the molecule is C[C@@H](NC(=O)OCc1ccccc1)C(=O)Nc1ccc(NC(=O)Nc2ccccc2)cc1. The van der Waals surface area contributed by atoms with Crippen molar-refractivity contribution in [2.75, 3.05) is 16.0 Å². The molecule has 0 aromatic heterocycles. The number of para-hydroxylation sites is 1. The predicted octanol–water partition coefficient (Wildman–Crippen LogP) is 4.58. The van der Waals surface area contributed by atoms with Gasteiger partial charge in [0.2, 0.25) is 5.91 Å². The summed E-state index contributed by atoms with van der Waals surface area (Å²) < 4.78 is 5.12. The van der Waals surface area contributed by atoms with E-state index in [4.69, 9.17) is 4.74 Å². The Morgan fingerprint density at radius 2 is 1.22 bits per heavy atom. The Balaban J connectivity index is 1.43. The summed E-state index contributed by atoms with van der Waals surface area (Å²) in [5, 5.41) is 10.6. The Hall–Kier alpha value is -4.33. The summed E-state index contributed by atoms with van der Waals surface area (Å²) in [6.45, 7) is 1.68. The summed E-state index contributed by atoms with van der Waals surface area (Å²) in [5.74, 6) is -0.399.